The van der Waals surface area contributed by atoms with Gasteiger partial charge in [-0.1, -0.05) is 31.2 Å². The Kier molecular flexibility index (Phi) is 6.44. The summed E-state index contributed by atoms with van der Waals surface area (Å²) < 4.78 is 5.58. The lowest BCUT2D eigenvalue weighted by Crippen LogP contribution is -2.22. The molecule has 3 N–H and O–H groups in total. The topological polar surface area (TPSA) is 79.5 Å². The van der Waals surface area contributed by atoms with E-state index in [4.69, 9.17) is 4.74 Å². The van der Waals surface area contributed by atoms with E-state index in [1.54, 1.807) is 18.2 Å². The molecule has 6 heteroatoms. The largest absolute Gasteiger partial charge is 0.484 e. The summed E-state index contributed by atoms with van der Waals surface area (Å²) in [6.45, 7) is 3.49. The molecule has 1 aliphatic carbocycles. The van der Waals surface area contributed by atoms with Gasteiger partial charge in [0.15, 0.2) is 6.61 Å². The zero-order valence-electron chi connectivity index (χ0n) is 15.5. The smallest absolute Gasteiger partial charge is 0.262 e. The van der Waals surface area contributed by atoms with Crippen molar-refractivity contribution in [2.75, 3.05) is 23.8 Å². The van der Waals surface area contributed by atoms with E-state index in [9.17, 15) is 9.59 Å². The minimum atomic E-state index is -0.230. The van der Waals surface area contributed by atoms with Gasteiger partial charge in [0, 0.05) is 29.9 Å². The number of nitrogens with one attached hydrogen (secondary N) is 3. The number of hydrogen-bond donors (Lipinski definition) is 3. The molecule has 0 aromatic heterocycles. The van der Waals surface area contributed by atoms with Crippen LogP contribution in [0.1, 0.15) is 25.3 Å². The highest BCUT2D eigenvalue weighted by Gasteiger charge is 2.29. The number of ether oxygens (including phenoxy) is 1. The van der Waals surface area contributed by atoms with Crippen molar-refractivity contribution >= 4 is 23.2 Å². The molecule has 0 radical (unpaired) electrons. The molecule has 2 aromatic carbocycles. The summed E-state index contributed by atoms with van der Waals surface area (Å²) in [5, 5.41) is 9.01. The van der Waals surface area contributed by atoms with Gasteiger partial charge < -0.3 is 20.7 Å². The van der Waals surface area contributed by atoms with Crippen molar-refractivity contribution in [1.29, 1.82) is 0 Å². The number of para-hydroxylation sites is 1. The third-order valence-electron chi connectivity index (χ3n) is 4.28. The summed E-state index contributed by atoms with van der Waals surface area (Å²) in [4.78, 5) is 24.1. The number of amides is 2. The van der Waals surface area contributed by atoms with E-state index in [0.29, 0.717) is 18.0 Å². The van der Waals surface area contributed by atoms with Crippen molar-refractivity contribution in [3.63, 3.8) is 0 Å². The predicted octanol–water partition coefficient (Wildman–Crippen LogP) is 3.16. The Morgan fingerprint density at radius 3 is 2.67 bits per heavy atom. The van der Waals surface area contributed by atoms with Crippen molar-refractivity contribution in [2.24, 2.45) is 5.92 Å². The third kappa shape index (κ3) is 5.82. The van der Waals surface area contributed by atoms with Crippen LogP contribution in [0.5, 0.6) is 5.75 Å². The molecule has 0 bridgehead atoms. The van der Waals surface area contributed by atoms with Crippen LogP contribution >= 0.6 is 0 Å². The second-order valence-electron chi connectivity index (χ2n) is 6.57. The van der Waals surface area contributed by atoms with Gasteiger partial charge in [0.2, 0.25) is 5.91 Å². The first-order chi connectivity index (χ1) is 13.2. The second-order valence-corrected chi connectivity index (χ2v) is 6.57. The van der Waals surface area contributed by atoms with Crippen molar-refractivity contribution in [3.8, 4) is 5.75 Å². The molecule has 0 saturated heterocycles. The zero-order chi connectivity index (χ0) is 19.1. The lowest BCUT2D eigenvalue weighted by atomic mass is 10.1. The average Bonchev–Trinajstić information content (AvgIpc) is 3.51. The Balaban J connectivity index is 1.52. The van der Waals surface area contributed by atoms with Crippen LogP contribution < -0.4 is 20.7 Å². The molecule has 2 aromatic rings. The SMILES string of the molecule is CCNCc1ccccc1NC(=O)COc1cccc(NC(=O)C2CC2)c1. The van der Waals surface area contributed by atoms with Gasteiger partial charge in [0.1, 0.15) is 5.75 Å². The van der Waals surface area contributed by atoms with Crippen LogP contribution in [0.25, 0.3) is 0 Å². The molecule has 1 fully saturated rings. The molecule has 27 heavy (non-hydrogen) atoms. The minimum Gasteiger partial charge on any atom is -0.484 e. The Hall–Kier alpha value is -2.86. The minimum absolute atomic E-state index is 0.0437. The molecule has 3 rings (SSSR count). The van der Waals surface area contributed by atoms with Crippen LogP contribution in [-0.2, 0) is 16.1 Å². The molecule has 0 unspecified atom stereocenters. The third-order valence-corrected chi connectivity index (χ3v) is 4.28. The predicted molar refractivity (Wildman–Crippen MR) is 106 cm³/mol. The van der Waals surface area contributed by atoms with Gasteiger partial charge in [-0.3, -0.25) is 9.59 Å². The van der Waals surface area contributed by atoms with Crippen molar-refractivity contribution in [2.45, 2.75) is 26.3 Å². The van der Waals surface area contributed by atoms with Gasteiger partial charge in [-0.05, 0) is 43.1 Å². The zero-order valence-corrected chi connectivity index (χ0v) is 15.5. The fourth-order valence-electron chi connectivity index (χ4n) is 2.64. The van der Waals surface area contributed by atoms with Gasteiger partial charge >= 0.3 is 0 Å². The van der Waals surface area contributed by atoms with Crippen molar-refractivity contribution in [1.82, 2.24) is 5.32 Å². The number of rotatable bonds is 9. The Morgan fingerprint density at radius 1 is 1.07 bits per heavy atom. The Morgan fingerprint density at radius 2 is 1.89 bits per heavy atom. The number of carbonyl (C=O) groups excluding carboxylic acids is 2. The number of benzene rings is 2. The van der Waals surface area contributed by atoms with Gasteiger partial charge in [-0.15, -0.1) is 0 Å². The van der Waals surface area contributed by atoms with Gasteiger partial charge in [-0.2, -0.15) is 0 Å². The molecule has 1 aliphatic rings. The van der Waals surface area contributed by atoms with Crippen molar-refractivity contribution in [3.05, 3.63) is 54.1 Å². The summed E-state index contributed by atoms with van der Waals surface area (Å²) in [5.74, 6) is 0.496. The normalized spacial score (nSPS) is 13.1. The maximum atomic E-state index is 12.2. The molecule has 0 aliphatic heterocycles. The van der Waals surface area contributed by atoms with Crippen LogP contribution in [0, 0.1) is 5.92 Å². The quantitative estimate of drug-likeness (QED) is 0.636. The summed E-state index contributed by atoms with van der Waals surface area (Å²) >= 11 is 0. The molecule has 142 valence electrons. The van der Waals surface area contributed by atoms with Gasteiger partial charge in [0.25, 0.3) is 5.91 Å². The molecule has 2 amide bonds. The Bertz CT molecular complexity index is 803. The first-order valence-electron chi connectivity index (χ1n) is 9.28. The monoisotopic (exact) mass is 367 g/mol. The number of carbonyl (C=O) groups is 2. The first-order valence-corrected chi connectivity index (χ1v) is 9.28. The standard InChI is InChI=1S/C21H25N3O3/c1-2-22-13-16-6-3-4-9-19(16)24-20(25)14-27-18-8-5-7-17(12-18)23-21(26)15-10-11-15/h3-9,12,15,22H,2,10-11,13-14H2,1H3,(H,23,26)(H,24,25). The lowest BCUT2D eigenvalue weighted by molar-refractivity contribution is -0.118. The summed E-state index contributed by atoms with van der Waals surface area (Å²) in [6, 6.07) is 14.8. The first kappa shape index (κ1) is 18.9. The molecule has 1 saturated carbocycles. The van der Waals surface area contributed by atoms with Gasteiger partial charge in [0.05, 0.1) is 0 Å². The fraction of sp³-hybridized carbons (Fsp3) is 0.333. The van der Waals surface area contributed by atoms with Crippen LogP contribution in [0.2, 0.25) is 0 Å². The van der Waals surface area contributed by atoms with Crippen LogP contribution in [0.3, 0.4) is 0 Å². The van der Waals surface area contributed by atoms with Crippen LogP contribution in [0.15, 0.2) is 48.5 Å². The molecule has 0 heterocycles. The van der Waals surface area contributed by atoms with E-state index < -0.39 is 0 Å². The second kappa shape index (κ2) is 9.19. The fourth-order valence-corrected chi connectivity index (χ4v) is 2.64. The van der Waals surface area contributed by atoms with Crippen LogP contribution in [-0.4, -0.2) is 25.0 Å². The summed E-state index contributed by atoms with van der Waals surface area (Å²) in [5.41, 5.74) is 2.48. The van der Waals surface area contributed by atoms with E-state index in [-0.39, 0.29) is 24.3 Å². The van der Waals surface area contributed by atoms with E-state index in [2.05, 4.69) is 16.0 Å². The molecule has 0 atom stereocenters. The number of anilines is 2. The number of hydrogen-bond acceptors (Lipinski definition) is 4. The highest BCUT2D eigenvalue weighted by atomic mass is 16.5. The van der Waals surface area contributed by atoms with Crippen molar-refractivity contribution < 1.29 is 14.3 Å². The molecule has 6 nitrogen and oxygen atoms in total. The van der Waals surface area contributed by atoms with Gasteiger partial charge in [-0.25, -0.2) is 0 Å². The maximum absolute atomic E-state index is 12.2. The maximum Gasteiger partial charge on any atom is 0.262 e. The van der Waals surface area contributed by atoms with E-state index >= 15 is 0 Å². The highest BCUT2D eigenvalue weighted by Crippen LogP contribution is 2.30. The van der Waals surface area contributed by atoms with E-state index in [1.165, 1.54) is 0 Å². The van der Waals surface area contributed by atoms with Crippen LogP contribution in [0.4, 0.5) is 11.4 Å². The molecular weight excluding hydrogens is 342 g/mol. The van der Waals surface area contributed by atoms with E-state index in [0.717, 1.165) is 30.6 Å². The lowest BCUT2D eigenvalue weighted by Gasteiger charge is -2.12. The Labute approximate surface area is 159 Å². The molecular formula is C21H25N3O3. The molecule has 0 spiro atoms. The average molecular weight is 367 g/mol. The highest BCUT2D eigenvalue weighted by molar-refractivity contribution is 5.94. The summed E-state index contributed by atoms with van der Waals surface area (Å²) in [6.07, 6.45) is 1.91. The summed E-state index contributed by atoms with van der Waals surface area (Å²) in [7, 11) is 0. The van der Waals surface area contributed by atoms with E-state index in [1.807, 2.05) is 37.3 Å².